The van der Waals surface area contributed by atoms with E-state index in [1.54, 1.807) is 39.5 Å². The Hall–Kier alpha value is -4.38. The second-order valence-electron chi connectivity index (χ2n) is 8.32. The van der Waals surface area contributed by atoms with Gasteiger partial charge in [0.25, 0.3) is 0 Å². The van der Waals surface area contributed by atoms with E-state index in [9.17, 15) is 4.79 Å². The van der Waals surface area contributed by atoms with Crippen molar-refractivity contribution >= 4 is 28.9 Å². The highest BCUT2D eigenvalue weighted by atomic mass is 16.5. The molecule has 3 aromatic rings. The van der Waals surface area contributed by atoms with Crippen LogP contribution in [0, 0.1) is 0 Å². The lowest BCUT2D eigenvalue weighted by atomic mass is 10.2. The minimum absolute atomic E-state index is 0.299. The molecule has 11 heteroatoms. The molecule has 2 aromatic carbocycles. The van der Waals surface area contributed by atoms with Gasteiger partial charge in [0.2, 0.25) is 11.9 Å². The van der Waals surface area contributed by atoms with Crippen molar-refractivity contribution in [2.75, 3.05) is 71.1 Å². The number of hydrogen-bond acceptors (Lipinski definition) is 10. The third-order valence-electron chi connectivity index (χ3n) is 5.52. The van der Waals surface area contributed by atoms with Crippen molar-refractivity contribution in [1.82, 2.24) is 19.9 Å². The van der Waals surface area contributed by atoms with Gasteiger partial charge in [-0.05, 0) is 44.4 Å². The van der Waals surface area contributed by atoms with Crippen molar-refractivity contribution in [3.05, 3.63) is 49.3 Å². The number of anilines is 4. The maximum absolute atomic E-state index is 12.2. The summed E-state index contributed by atoms with van der Waals surface area (Å²) in [5, 5.41) is 6.07. The summed E-state index contributed by atoms with van der Waals surface area (Å²) in [7, 11) is 10.7. The van der Waals surface area contributed by atoms with Crippen LogP contribution in [-0.4, -0.2) is 81.3 Å². The molecule has 0 saturated heterocycles. The zero-order valence-corrected chi connectivity index (χ0v) is 22.0. The fourth-order valence-corrected chi connectivity index (χ4v) is 3.50. The molecule has 0 fully saturated rings. The van der Waals surface area contributed by atoms with Gasteiger partial charge in [0, 0.05) is 31.8 Å². The molecule has 37 heavy (non-hydrogen) atoms. The Morgan fingerprint density at radius 2 is 1.68 bits per heavy atom. The van der Waals surface area contributed by atoms with Crippen LogP contribution in [0.1, 0.15) is 0 Å². The number of methoxy groups -OCH3 is 3. The molecule has 0 aliphatic carbocycles. The van der Waals surface area contributed by atoms with Crippen molar-refractivity contribution in [3.8, 4) is 28.6 Å². The van der Waals surface area contributed by atoms with Crippen LogP contribution in [0.2, 0.25) is 0 Å². The number of rotatable bonds is 12. The number of hydrogen-bond donors (Lipinski definition) is 2. The number of nitrogens with one attached hydrogen (secondary N) is 2. The molecule has 2 N–H and O–H groups in total. The Labute approximate surface area is 217 Å². The zero-order chi connectivity index (χ0) is 26.9. The van der Waals surface area contributed by atoms with Crippen LogP contribution in [0.3, 0.4) is 0 Å². The molecule has 0 aliphatic rings. The van der Waals surface area contributed by atoms with Crippen LogP contribution in [0.15, 0.2) is 49.3 Å². The van der Waals surface area contributed by atoms with Crippen LogP contribution in [-0.2, 0) is 4.79 Å². The Morgan fingerprint density at radius 1 is 0.946 bits per heavy atom. The molecular formula is C26H33N7O4. The first kappa shape index (κ1) is 27.2. The second-order valence-corrected chi connectivity index (χ2v) is 8.32. The Bertz CT molecular complexity index is 1250. The predicted octanol–water partition coefficient (Wildman–Crippen LogP) is 3.43. The maximum atomic E-state index is 12.2. The summed E-state index contributed by atoms with van der Waals surface area (Å²) in [6.45, 7) is 5.13. The van der Waals surface area contributed by atoms with E-state index in [0.717, 1.165) is 24.3 Å². The normalized spacial score (nSPS) is 10.6. The molecule has 196 valence electrons. The average molecular weight is 508 g/mol. The van der Waals surface area contributed by atoms with Gasteiger partial charge < -0.3 is 34.6 Å². The first-order valence-corrected chi connectivity index (χ1v) is 11.5. The monoisotopic (exact) mass is 507 g/mol. The third-order valence-corrected chi connectivity index (χ3v) is 5.52. The fourth-order valence-electron chi connectivity index (χ4n) is 3.50. The molecule has 0 aliphatic heterocycles. The summed E-state index contributed by atoms with van der Waals surface area (Å²) < 4.78 is 16.4. The van der Waals surface area contributed by atoms with Gasteiger partial charge in [-0.25, -0.2) is 9.97 Å². The number of amides is 1. The molecule has 0 bridgehead atoms. The van der Waals surface area contributed by atoms with Crippen LogP contribution in [0.4, 0.5) is 23.0 Å². The van der Waals surface area contributed by atoms with Gasteiger partial charge in [-0.3, -0.25) is 4.79 Å². The van der Waals surface area contributed by atoms with Crippen LogP contribution in [0.5, 0.6) is 17.2 Å². The fraction of sp³-hybridized carbons (Fsp3) is 0.308. The van der Waals surface area contributed by atoms with E-state index in [-0.39, 0.29) is 5.91 Å². The predicted molar refractivity (Wildman–Crippen MR) is 145 cm³/mol. The molecule has 1 amide bonds. The number of ether oxygens (including phenoxy) is 3. The lowest BCUT2D eigenvalue weighted by molar-refractivity contribution is -0.111. The lowest BCUT2D eigenvalue weighted by Gasteiger charge is -2.26. The molecular weight excluding hydrogens is 474 g/mol. The van der Waals surface area contributed by atoms with Gasteiger partial charge >= 0.3 is 0 Å². The minimum Gasteiger partial charge on any atom is -0.494 e. The first-order chi connectivity index (χ1) is 17.8. The van der Waals surface area contributed by atoms with Gasteiger partial charge in [-0.15, -0.1) is 0 Å². The molecule has 0 atom stereocenters. The number of carbonyl (C=O) groups excluding carboxylic acids is 1. The SMILES string of the molecule is C=CC(=O)Nc1cc(Nc2ncnc(-c3ccc(OC)c(OC)c3)n2)c(OC)cc1N(C)CCN(C)C. The molecule has 0 saturated carbocycles. The number of nitrogens with zero attached hydrogens (tertiary/aromatic N) is 5. The molecule has 0 unspecified atom stereocenters. The maximum Gasteiger partial charge on any atom is 0.247 e. The van der Waals surface area contributed by atoms with Crippen molar-refractivity contribution in [1.29, 1.82) is 0 Å². The molecule has 1 heterocycles. The highest BCUT2D eigenvalue weighted by Crippen LogP contribution is 2.38. The van der Waals surface area contributed by atoms with E-state index in [2.05, 4.69) is 37.1 Å². The molecule has 0 radical (unpaired) electrons. The molecule has 0 spiro atoms. The summed E-state index contributed by atoms with van der Waals surface area (Å²) in [6.07, 6.45) is 2.64. The number of likely N-dealkylation sites (N-methyl/N-ethyl adjacent to an activating group) is 2. The largest absolute Gasteiger partial charge is 0.494 e. The Morgan fingerprint density at radius 3 is 2.32 bits per heavy atom. The van der Waals surface area contributed by atoms with Crippen molar-refractivity contribution < 1.29 is 19.0 Å². The molecule has 3 rings (SSSR count). The summed E-state index contributed by atoms with van der Waals surface area (Å²) in [5.41, 5.74) is 2.67. The second kappa shape index (κ2) is 12.5. The third kappa shape index (κ3) is 6.85. The van der Waals surface area contributed by atoms with Gasteiger partial charge in [0.1, 0.15) is 12.1 Å². The number of carbonyl (C=O) groups is 1. The Kier molecular flexibility index (Phi) is 9.22. The van der Waals surface area contributed by atoms with Gasteiger partial charge in [0.05, 0.1) is 38.4 Å². The van der Waals surface area contributed by atoms with E-state index in [1.165, 1.54) is 12.4 Å². The standard InChI is InChI=1S/C26H33N7O4/c1-8-24(34)29-18-14-19(22(36-6)15-20(18)33(4)12-11-32(2)3)30-26-28-16-27-25(31-26)17-9-10-21(35-5)23(13-17)37-7/h8-10,13-16H,1,11-12H2,2-7H3,(H,29,34)(H,27,28,30,31). The summed E-state index contributed by atoms with van der Waals surface area (Å²) >= 11 is 0. The van der Waals surface area contributed by atoms with E-state index in [0.29, 0.717) is 40.4 Å². The lowest BCUT2D eigenvalue weighted by Crippen LogP contribution is -2.29. The van der Waals surface area contributed by atoms with E-state index >= 15 is 0 Å². The van der Waals surface area contributed by atoms with E-state index < -0.39 is 0 Å². The topological polar surface area (TPSA) is 114 Å². The van der Waals surface area contributed by atoms with E-state index in [4.69, 9.17) is 14.2 Å². The Balaban J connectivity index is 1.98. The number of benzene rings is 2. The van der Waals surface area contributed by atoms with Crippen LogP contribution >= 0.6 is 0 Å². The van der Waals surface area contributed by atoms with Gasteiger partial charge in [-0.2, -0.15) is 4.98 Å². The smallest absolute Gasteiger partial charge is 0.247 e. The van der Waals surface area contributed by atoms with Gasteiger partial charge in [-0.1, -0.05) is 6.58 Å². The van der Waals surface area contributed by atoms with Crippen molar-refractivity contribution in [2.45, 2.75) is 0 Å². The first-order valence-electron chi connectivity index (χ1n) is 11.5. The summed E-state index contributed by atoms with van der Waals surface area (Å²) in [6, 6.07) is 9.05. The summed E-state index contributed by atoms with van der Waals surface area (Å²) in [4.78, 5) is 29.4. The van der Waals surface area contributed by atoms with Gasteiger partial charge in [0.15, 0.2) is 17.3 Å². The average Bonchev–Trinajstić information content (AvgIpc) is 2.91. The minimum atomic E-state index is -0.325. The molecule has 11 nitrogen and oxygen atoms in total. The van der Waals surface area contributed by atoms with Crippen LogP contribution < -0.4 is 29.7 Å². The molecule has 1 aromatic heterocycles. The van der Waals surface area contributed by atoms with Crippen LogP contribution in [0.25, 0.3) is 11.4 Å². The highest BCUT2D eigenvalue weighted by Gasteiger charge is 2.17. The highest BCUT2D eigenvalue weighted by molar-refractivity contribution is 6.02. The zero-order valence-electron chi connectivity index (χ0n) is 22.0. The van der Waals surface area contributed by atoms with E-state index in [1.807, 2.05) is 38.2 Å². The quantitative estimate of drug-likeness (QED) is 0.353. The van der Waals surface area contributed by atoms with Crippen molar-refractivity contribution in [2.24, 2.45) is 0 Å². The summed E-state index contributed by atoms with van der Waals surface area (Å²) in [5.74, 6) is 2.14. The number of aromatic nitrogens is 3. The van der Waals surface area contributed by atoms with Crippen molar-refractivity contribution in [3.63, 3.8) is 0 Å².